The first-order valence-corrected chi connectivity index (χ1v) is 19.4. The van der Waals surface area contributed by atoms with Crippen LogP contribution in [0.15, 0.2) is 101 Å². The van der Waals surface area contributed by atoms with E-state index in [4.69, 9.17) is 20.3 Å². The second-order valence-corrected chi connectivity index (χ2v) is 15.5. The van der Waals surface area contributed by atoms with E-state index in [1.807, 2.05) is 36.4 Å². The van der Waals surface area contributed by atoms with Crippen LogP contribution < -0.4 is 37.5 Å². The highest BCUT2D eigenvalue weighted by molar-refractivity contribution is 7.22. The van der Waals surface area contributed by atoms with Crippen LogP contribution in [0, 0.1) is 0 Å². The number of hydrogen-bond acceptors (Lipinski definition) is 14. The SMILES string of the molecule is CC(C)(C)OC(=O)Nc1nc2ccc(CNC(=O)c3cccc(=O)[nH]3)cc2s1.COc1cccc(C(=O)NCc2ccc3nc(N)sc3c2)n1.O=C(O)c1cccc(=O)[nH]1. The summed E-state index contributed by atoms with van der Waals surface area (Å²) in [4.78, 5) is 85.3. The van der Waals surface area contributed by atoms with Crippen molar-refractivity contribution in [3.8, 4) is 5.88 Å². The van der Waals surface area contributed by atoms with Crippen LogP contribution in [0.25, 0.3) is 20.4 Å². The third kappa shape index (κ3) is 13.0. The predicted octanol–water partition coefficient (Wildman–Crippen LogP) is 5.55. The number of aromatic amines is 2. The van der Waals surface area contributed by atoms with Gasteiger partial charge in [0.15, 0.2) is 10.3 Å². The molecule has 0 aliphatic heterocycles. The number of nitrogens with two attached hydrogens (primary N) is 1. The van der Waals surface area contributed by atoms with E-state index in [1.165, 1.54) is 66.2 Å². The molecular weight excluding hydrogens is 815 g/mol. The van der Waals surface area contributed by atoms with Gasteiger partial charge in [0.2, 0.25) is 17.0 Å². The number of fused-ring (bicyclic) bond motifs is 2. The lowest BCUT2D eigenvalue weighted by molar-refractivity contribution is 0.0633. The Kier molecular flexibility index (Phi) is 14.4. The van der Waals surface area contributed by atoms with Gasteiger partial charge in [-0.15, -0.1) is 0 Å². The third-order valence-electron chi connectivity index (χ3n) is 7.61. The first kappa shape index (κ1) is 43.7. The summed E-state index contributed by atoms with van der Waals surface area (Å²) in [5.74, 6) is -1.33. The Bertz CT molecular complexity index is 2770. The van der Waals surface area contributed by atoms with Gasteiger partial charge >= 0.3 is 12.1 Å². The lowest BCUT2D eigenvalue weighted by Crippen LogP contribution is -2.27. The van der Waals surface area contributed by atoms with E-state index in [9.17, 15) is 28.8 Å². The molecule has 0 unspecified atom stereocenters. The van der Waals surface area contributed by atoms with E-state index in [-0.39, 0.29) is 28.8 Å². The van der Waals surface area contributed by atoms with Crippen molar-refractivity contribution in [2.45, 2.75) is 39.5 Å². The van der Waals surface area contributed by atoms with Gasteiger partial charge in [-0.05, 0) is 74.4 Å². The molecule has 0 bridgehead atoms. The molecule has 8 N–H and O–H groups in total. The van der Waals surface area contributed by atoms with Crippen LogP contribution in [0.4, 0.5) is 15.1 Å². The minimum Gasteiger partial charge on any atom is -0.481 e. The largest absolute Gasteiger partial charge is 0.481 e. The van der Waals surface area contributed by atoms with Gasteiger partial charge in [0, 0.05) is 31.3 Å². The summed E-state index contributed by atoms with van der Waals surface area (Å²) < 4.78 is 12.1. The minimum atomic E-state index is -1.13. The number of carboxylic acid groups (broad SMARTS) is 1. The molecule has 5 aromatic heterocycles. The standard InChI is InChI=1S/C19H20N4O4S.C15H14N4O2S.C6H5NO3/c1-19(2,3)27-18(26)23-17-22-12-8-7-11(9-14(12)28-17)10-20-16(25)13-5-4-6-15(24)21-13;1-21-13-4-2-3-11(18-13)14(20)17-8-9-5-6-10-12(7-9)22-15(16)19-10;8-5-3-1-2-4(7-5)6(9)10/h4-9H,10H2,1-3H3,(H,20,25)(H,21,24)(H,22,23,26);2-7H,8H2,1H3,(H2,16,19)(H,17,20);1-3H,(H,7,8)(H,9,10). The van der Waals surface area contributed by atoms with Gasteiger partial charge in [-0.3, -0.25) is 24.5 Å². The van der Waals surface area contributed by atoms with E-state index >= 15 is 0 Å². The van der Waals surface area contributed by atoms with E-state index in [1.54, 1.807) is 39.0 Å². The zero-order chi connectivity index (χ0) is 43.4. The van der Waals surface area contributed by atoms with Crippen molar-refractivity contribution in [2.75, 3.05) is 18.2 Å². The molecule has 0 aliphatic carbocycles. The monoisotopic (exact) mass is 853 g/mol. The lowest BCUT2D eigenvalue weighted by atomic mass is 10.2. The fourth-order valence-electron chi connectivity index (χ4n) is 4.98. The number of carbonyl (C=O) groups is 4. The number of carboxylic acids is 1. The molecular formula is C40H39N9O9S2. The summed E-state index contributed by atoms with van der Waals surface area (Å²) >= 11 is 2.74. The maximum Gasteiger partial charge on any atom is 0.413 e. The van der Waals surface area contributed by atoms with Crippen LogP contribution in [-0.2, 0) is 17.8 Å². The number of nitrogens with one attached hydrogen (secondary N) is 5. The first-order valence-electron chi connectivity index (χ1n) is 17.8. The van der Waals surface area contributed by atoms with Crippen molar-refractivity contribution in [3.05, 3.63) is 140 Å². The van der Waals surface area contributed by atoms with Crippen molar-refractivity contribution in [1.29, 1.82) is 0 Å². The Labute approximate surface area is 348 Å². The summed E-state index contributed by atoms with van der Waals surface area (Å²) in [6.07, 6.45) is -0.559. The quantitative estimate of drug-likeness (QED) is 0.0940. The van der Waals surface area contributed by atoms with Crippen LogP contribution in [0.2, 0.25) is 0 Å². The topological polar surface area (TPSA) is 273 Å². The highest BCUT2D eigenvalue weighted by Crippen LogP contribution is 2.28. The summed E-state index contributed by atoms with van der Waals surface area (Å²) in [5.41, 5.74) is 8.25. The molecule has 0 atom stereocenters. The molecule has 18 nitrogen and oxygen atoms in total. The van der Waals surface area contributed by atoms with Crippen LogP contribution in [0.1, 0.15) is 63.4 Å². The summed E-state index contributed by atoms with van der Waals surface area (Å²) in [7, 11) is 1.51. The number of H-pyrrole nitrogens is 2. The summed E-state index contributed by atoms with van der Waals surface area (Å²) in [6, 6.07) is 24.8. The number of methoxy groups -OCH3 is 1. The number of amides is 3. The average Bonchev–Trinajstić information content (AvgIpc) is 3.79. The van der Waals surface area contributed by atoms with Crippen LogP contribution in [-0.4, -0.2) is 66.6 Å². The van der Waals surface area contributed by atoms with Gasteiger partial charge in [-0.2, -0.15) is 0 Å². The molecule has 0 aliphatic rings. The van der Waals surface area contributed by atoms with Gasteiger partial charge in [-0.1, -0.05) is 53.0 Å². The molecule has 0 saturated heterocycles. The molecule has 0 spiro atoms. The number of nitrogen functional groups attached to an aromatic ring is 1. The van der Waals surface area contributed by atoms with Crippen LogP contribution in [0.3, 0.4) is 0 Å². The highest BCUT2D eigenvalue weighted by atomic mass is 32.1. The van der Waals surface area contributed by atoms with Crippen LogP contribution >= 0.6 is 22.7 Å². The van der Waals surface area contributed by atoms with Crippen molar-refractivity contribution in [2.24, 2.45) is 0 Å². The van der Waals surface area contributed by atoms with Crippen LogP contribution in [0.5, 0.6) is 5.88 Å². The fraction of sp³-hybridized carbons (Fsp3) is 0.175. The predicted molar refractivity (Wildman–Crippen MR) is 228 cm³/mol. The third-order valence-corrected chi connectivity index (χ3v) is 9.39. The highest BCUT2D eigenvalue weighted by Gasteiger charge is 2.18. The molecule has 60 heavy (non-hydrogen) atoms. The molecule has 0 radical (unpaired) electrons. The Balaban J connectivity index is 0.000000189. The van der Waals surface area contributed by atoms with E-state index in [0.29, 0.717) is 34.9 Å². The van der Waals surface area contributed by atoms with Crippen molar-refractivity contribution in [3.63, 3.8) is 0 Å². The van der Waals surface area contributed by atoms with Gasteiger partial charge in [-0.25, -0.2) is 24.5 Å². The molecule has 310 valence electrons. The summed E-state index contributed by atoms with van der Waals surface area (Å²) in [5, 5.41) is 17.5. The maximum atomic E-state index is 12.1. The number of aromatic carboxylic acids is 1. The first-order chi connectivity index (χ1) is 28.5. The van der Waals surface area contributed by atoms with Gasteiger partial charge in [0.25, 0.3) is 11.8 Å². The molecule has 7 aromatic rings. The minimum absolute atomic E-state index is 0.0903. The summed E-state index contributed by atoms with van der Waals surface area (Å²) in [6.45, 7) is 6.06. The number of nitrogens with zero attached hydrogens (tertiary/aromatic N) is 3. The number of rotatable bonds is 9. The number of hydrogen-bond donors (Lipinski definition) is 7. The van der Waals surface area contributed by atoms with Crippen molar-refractivity contribution in [1.82, 2.24) is 35.6 Å². The smallest absolute Gasteiger partial charge is 0.413 e. The molecule has 3 amide bonds. The number of anilines is 2. The number of pyridine rings is 3. The van der Waals surface area contributed by atoms with Crippen molar-refractivity contribution >= 4 is 77.2 Å². The Morgan fingerprint density at radius 3 is 1.88 bits per heavy atom. The molecule has 2 aromatic carbocycles. The molecule has 0 saturated carbocycles. The Morgan fingerprint density at radius 2 is 1.30 bits per heavy atom. The molecule has 7 rings (SSSR count). The zero-order valence-electron chi connectivity index (χ0n) is 32.5. The van der Waals surface area contributed by atoms with E-state index < -0.39 is 23.2 Å². The Hall–Kier alpha value is -7.45. The van der Waals surface area contributed by atoms with Gasteiger partial charge in [0.1, 0.15) is 22.7 Å². The molecule has 20 heteroatoms. The number of carbonyl (C=O) groups excluding carboxylic acids is 3. The second kappa shape index (κ2) is 19.8. The zero-order valence-corrected chi connectivity index (χ0v) is 34.2. The Morgan fingerprint density at radius 1 is 0.733 bits per heavy atom. The number of ether oxygens (including phenoxy) is 2. The maximum absolute atomic E-state index is 12.1. The van der Waals surface area contributed by atoms with Gasteiger partial charge in [0.05, 0.1) is 27.5 Å². The van der Waals surface area contributed by atoms with Crippen molar-refractivity contribution < 1.29 is 33.8 Å². The molecule has 5 heterocycles. The van der Waals surface area contributed by atoms with Gasteiger partial charge < -0.3 is 40.9 Å². The number of aromatic nitrogens is 5. The average molecular weight is 854 g/mol. The lowest BCUT2D eigenvalue weighted by Gasteiger charge is -2.18. The number of benzene rings is 2. The number of thiazole rings is 2. The van der Waals surface area contributed by atoms with E-state index in [0.717, 1.165) is 31.6 Å². The van der Waals surface area contributed by atoms with E-state index in [2.05, 4.69) is 40.9 Å². The normalized spacial score (nSPS) is 10.7. The fourth-order valence-corrected chi connectivity index (χ4v) is 6.69. The molecule has 0 fully saturated rings. The second-order valence-electron chi connectivity index (χ2n) is 13.4.